The van der Waals surface area contributed by atoms with Gasteiger partial charge >= 0.3 is 6.03 Å². The Morgan fingerprint density at radius 3 is 2.93 bits per heavy atom. The summed E-state index contributed by atoms with van der Waals surface area (Å²) in [6, 6.07) is 0.302. The van der Waals surface area contributed by atoms with Crippen LogP contribution < -0.4 is 10.2 Å². The van der Waals surface area contributed by atoms with Gasteiger partial charge < -0.3 is 5.32 Å². The minimum atomic E-state index is -0.0236. The van der Waals surface area contributed by atoms with Crippen molar-refractivity contribution in [2.24, 2.45) is 0 Å². The average molecular weight is 208 g/mol. The molecule has 0 atom stereocenters. The highest BCUT2D eigenvalue weighted by atomic mass is 16.2. The third-order valence-corrected chi connectivity index (χ3v) is 2.51. The lowest BCUT2D eigenvalue weighted by atomic mass is 10.3. The molecular formula is C10H16N4O. The number of anilines is 1. The van der Waals surface area contributed by atoms with Crippen LogP contribution in [-0.4, -0.2) is 28.9 Å². The molecule has 1 aliphatic rings. The van der Waals surface area contributed by atoms with Crippen molar-refractivity contribution < 1.29 is 4.79 Å². The van der Waals surface area contributed by atoms with E-state index in [4.69, 9.17) is 0 Å². The molecule has 0 aromatic carbocycles. The second-order valence-electron chi connectivity index (χ2n) is 4.01. The lowest BCUT2D eigenvalue weighted by molar-refractivity contribution is 0.243. The first-order valence-electron chi connectivity index (χ1n) is 5.28. The predicted octanol–water partition coefficient (Wildman–Crippen LogP) is 1.38. The molecule has 2 amide bonds. The molecule has 2 heterocycles. The Bertz CT molecular complexity index is 358. The van der Waals surface area contributed by atoms with Crippen molar-refractivity contribution in [3.63, 3.8) is 0 Å². The maximum absolute atomic E-state index is 11.6. The fraction of sp³-hybridized carbons (Fsp3) is 0.600. The average Bonchev–Trinajstić information content (AvgIpc) is 2.67. The summed E-state index contributed by atoms with van der Waals surface area (Å²) in [7, 11) is 0. The van der Waals surface area contributed by atoms with E-state index in [1.165, 1.54) is 0 Å². The van der Waals surface area contributed by atoms with E-state index in [-0.39, 0.29) is 6.03 Å². The number of carbonyl (C=O) groups is 1. The van der Waals surface area contributed by atoms with Gasteiger partial charge in [0.25, 0.3) is 0 Å². The van der Waals surface area contributed by atoms with Crippen LogP contribution in [0.25, 0.3) is 0 Å². The van der Waals surface area contributed by atoms with Crippen LogP contribution in [0.5, 0.6) is 0 Å². The molecule has 0 aliphatic carbocycles. The van der Waals surface area contributed by atoms with Gasteiger partial charge in [0.15, 0.2) is 0 Å². The van der Waals surface area contributed by atoms with E-state index in [0.717, 1.165) is 25.2 Å². The second kappa shape index (κ2) is 3.92. The van der Waals surface area contributed by atoms with Crippen molar-refractivity contribution >= 4 is 11.7 Å². The third kappa shape index (κ3) is 1.95. The Balaban J connectivity index is 2.17. The van der Waals surface area contributed by atoms with Gasteiger partial charge in [0.05, 0.1) is 11.9 Å². The van der Waals surface area contributed by atoms with Gasteiger partial charge in [-0.3, -0.25) is 9.58 Å². The molecule has 2 rings (SSSR count). The summed E-state index contributed by atoms with van der Waals surface area (Å²) in [5, 5.41) is 7.04. The zero-order chi connectivity index (χ0) is 10.8. The highest BCUT2D eigenvalue weighted by Gasteiger charge is 2.20. The van der Waals surface area contributed by atoms with Crippen molar-refractivity contribution in [1.82, 2.24) is 15.1 Å². The van der Waals surface area contributed by atoms with Crippen molar-refractivity contribution in [1.29, 1.82) is 0 Å². The molecule has 0 saturated carbocycles. The minimum absolute atomic E-state index is 0.0236. The molecule has 0 bridgehead atoms. The van der Waals surface area contributed by atoms with Gasteiger partial charge in [0.2, 0.25) is 0 Å². The van der Waals surface area contributed by atoms with E-state index >= 15 is 0 Å². The van der Waals surface area contributed by atoms with E-state index in [9.17, 15) is 4.79 Å². The molecule has 1 fully saturated rings. The van der Waals surface area contributed by atoms with Crippen LogP contribution in [-0.2, 0) is 0 Å². The Labute approximate surface area is 89.1 Å². The lowest BCUT2D eigenvalue weighted by Crippen LogP contribution is -2.46. The molecule has 1 aromatic heterocycles. The van der Waals surface area contributed by atoms with Crippen molar-refractivity contribution in [3.8, 4) is 0 Å². The molecule has 1 aromatic rings. The van der Waals surface area contributed by atoms with Crippen LogP contribution in [0, 0.1) is 0 Å². The Morgan fingerprint density at radius 2 is 2.33 bits per heavy atom. The highest BCUT2D eigenvalue weighted by molar-refractivity contribution is 5.92. The standard InChI is InChI=1S/C10H16N4O/c1-8(2)14-7-9(6-12-14)13-5-3-4-11-10(13)15/h6-8H,3-5H2,1-2H3,(H,11,15). The fourth-order valence-corrected chi connectivity index (χ4v) is 1.63. The largest absolute Gasteiger partial charge is 0.338 e. The lowest BCUT2D eigenvalue weighted by Gasteiger charge is -2.25. The quantitative estimate of drug-likeness (QED) is 0.798. The molecule has 0 radical (unpaired) electrons. The Morgan fingerprint density at radius 1 is 1.53 bits per heavy atom. The van der Waals surface area contributed by atoms with Crippen LogP contribution in [0.4, 0.5) is 10.5 Å². The topological polar surface area (TPSA) is 50.2 Å². The third-order valence-electron chi connectivity index (χ3n) is 2.51. The van der Waals surface area contributed by atoms with Gasteiger partial charge in [0.1, 0.15) is 0 Å². The molecule has 82 valence electrons. The zero-order valence-corrected chi connectivity index (χ0v) is 9.10. The second-order valence-corrected chi connectivity index (χ2v) is 4.01. The summed E-state index contributed by atoms with van der Waals surface area (Å²) in [6.07, 6.45) is 4.64. The molecule has 1 aliphatic heterocycles. The van der Waals surface area contributed by atoms with E-state index in [2.05, 4.69) is 24.3 Å². The van der Waals surface area contributed by atoms with Crippen molar-refractivity contribution in [2.75, 3.05) is 18.0 Å². The molecule has 1 saturated heterocycles. The summed E-state index contributed by atoms with van der Waals surface area (Å²) in [6.45, 7) is 5.67. The van der Waals surface area contributed by atoms with Gasteiger partial charge in [-0.15, -0.1) is 0 Å². The van der Waals surface area contributed by atoms with Crippen LogP contribution in [0.2, 0.25) is 0 Å². The first-order chi connectivity index (χ1) is 7.18. The van der Waals surface area contributed by atoms with E-state index in [1.54, 1.807) is 11.1 Å². The molecular weight excluding hydrogens is 192 g/mol. The van der Waals surface area contributed by atoms with E-state index in [1.807, 2.05) is 10.9 Å². The van der Waals surface area contributed by atoms with Crippen molar-refractivity contribution in [3.05, 3.63) is 12.4 Å². The van der Waals surface area contributed by atoms with Crippen LogP contribution in [0.15, 0.2) is 12.4 Å². The zero-order valence-electron chi connectivity index (χ0n) is 9.10. The smallest absolute Gasteiger partial charge is 0.321 e. The molecule has 1 N–H and O–H groups in total. The first-order valence-corrected chi connectivity index (χ1v) is 5.28. The van der Waals surface area contributed by atoms with Crippen LogP contribution >= 0.6 is 0 Å². The van der Waals surface area contributed by atoms with Gasteiger partial charge in [-0.2, -0.15) is 5.10 Å². The molecule has 15 heavy (non-hydrogen) atoms. The minimum Gasteiger partial charge on any atom is -0.338 e. The summed E-state index contributed by atoms with van der Waals surface area (Å²) in [4.78, 5) is 13.3. The maximum atomic E-state index is 11.6. The summed E-state index contributed by atoms with van der Waals surface area (Å²) < 4.78 is 1.86. The summed E-state index contributed by atoms with van der Waals surface area (Å²) >= 11 is 0. The number of nitrogens with zero attached hydrogens (tertiary/aromatic N) is 3. The number of amides is 2. The SMILES string of the molecule is CC(C)n1cc(N2CCCNC2=O)cn1. The molecule has 5 nitrogen and oxygen atoms in total. The first kappa shape index (κ1) is 10.0. The number of hydrogen-bond acceptors (Lipinski definition) is 2. The molecule has 0 spiro atoms. The highest BCUT2D eigenvalue weighted by Crippen LogP contribution is 2.17. The van der Waals surface area contributed by atoms with E-state index < -0.39 is 0 Å². The predicted molar refractivity (Wildman–Crippen MR) is 58.0 cm³/mol. The normalized spacial score (nSPS) is 17.0. The monoisotopic (exact) mass is 208 g/mol. The van der Waals surface area contributed by atoms with Gasteiger partial charge in [0, 0.05) is 25.3 Å². The van der Waals surface area contributed by atoms with E-state index in [0.29, 0.717) is 6.04 Å². The summed E-state index contributed by atoms with van der Waals surface area (Å²) in [5.41, 5.74) is 0.876. The van der Waals surface area contributed by atoms with Gasteiger partial charge in [-0.05, 0) is 20.3 Å². The van der Waals surface area contributed by atoms with Gasteiger partial charge in [-0.1, -0.05) is 0 Å². The van der Waals surface area contributed by atoms with Gasteiger partial charge in [-0.25, -0.2) is 4.79 Å². The number of hydrogen-bond donors (Lipinski definition) is 1. The fourth-order valence-electron chi connectivity index (χ4n) is 1.63. The molecule has 5 heteroatoms. The number of urea groups is 1. The summed E-state index contributed by atoms with van der Waals surface area (Å²) in [5.74, 6) is 0. The van der Waals surface area contributed by atoms with Crippen LogP contribution in [0.1, 0.15) is 26.3 Å². The number of aromatic nitrogens is 2. The van der Waals surface area contributed by atoms with Crippen LogP contribution in [0.3, 0.4) is 0 Å². The molecule has 0 unspecified atom stereocenters. The Hall–Kier alpha value is -1.52. The Kier molecular flexibility index (Phi) is 2.62. The number of nitrogens with one attached hydrogen (secondary N) is 1. The number of carbonyl (C=O) groups excluding carboxylic acids is 1. The van der Waals surface area contributed by atoms with Crippen molar-refractivity contribution in [2.45, 2.75) is 26.3 Å². The number of rotatable bonds is 2. The maximum Gasteiger partial charge on any atom is 0.321 e.